The number of likely N-dealkylation sites (tertiary alicyclic amines) is 1. The lowest BCUT2D eigenvalue weighted by Gasteiger charge is -2.54. The van der Waals surface area contributed by atoms with E-state index in [1.165, 1.54) is 6.08 Å². The van der Waals surface area contributed by atoms with E-state index in [1.54, 1.807) is 6.07 Å². The van der Waals surface area contributed by atoms with Gasteiger partial charge in [0.1, 0.15) is 17.4 Å². The molecule has 3 heterocycles. The van der Waals surface area contributed by atoms with Crippen molar-refractivity contribution in [2.24, 2.45) is 5.41 Å². The van der Waals surface area contributed by atoms with E-state index in [9.17, 15) is 18.0 Å². The van der Waals surface area contributed by atoms with E-state index in [0.29, 0.717) is 59.8 Å². The van der Waals surface area contributed by atoms with Gasteiger partial charge in [-0.05, 0) is 92.7 Å². The number of aryl methyl sites for hydroxylation is 1. The van der Waals surface area contributed by atoms with Crippen LogP contribution in [0.2, 0.25) is 0 Å². The Balaban J connectivity index is 1.40. The number of nitrogens with two attached hydrogens (primary N) is 1. The molecule has 9 nitrogen and oxygen atoms in total. The van der Waals surface area contributed by atoms with Gasteiger partial charge in [-0.2, -0.15) is 23.1 Å². The predicted octanol–water partition coefficient (Wildman–Crippen LogP) is 6.55. The molecule has 0 radical (unpaired) electrons. The summed E-state index contributed by atoms with van der Waals surface area (Å²) in [7, 11) is 0. The maximum Gasteiger partial charge on any atom is 0.422 e. The van der Waals surface area contributed by atoms with Crippen molar-refractivity contribution in [1.29, 1.82) is 5.41 Å². The zero-order valence-corrected chi connectivity index (χ0v) is 26.5. The van der Waals surface area contributed by atoms with E-state index in [4.69, 9.17) is 30.6 Å². The number of amides is 1. The smallest absolute Gasteiger partial charge is 0.422 e. The minimum atomic E-state index is -4.60. The normalized spacial score (nSPS) is 19.3. The van der Waals surface area contributed by atoms with Gasteiger partial charge in [0.25, 0.3) is 0 Å². The third kappa shape index (κ3) is 5.87. The number of nitrogens with zero attached hydrogens (tertiary/aromatic N) is 4. The van der Waals surface area contributed by atoms with E-state index in [-0.39, 0.29) is 40.6 Å². The molecule has 2 saturated heterocycles. The van der Waals surface area contributed by atoms with Gasteiger partial charge in [0.2, 0.25) is 5.91 Å². The van der Waals surface area contributed by atoms with E-state index in [0.717, 1.165) is 62.3 Å². The fraction of sp³-hybridized carbons (Fsp3) is 0.486. The third-order valence-electron chi connectivity index (χ3n) is 10.2. The van der Waals surface area contributed by atoms with Crippen LogP contribution in [0.25, 0.3) is 22.0 Å². The Hall–Kier alpha value is -4.35. The maximum absolute atomic E-state index is 13.8. The summed E-state index contributed by atoms with van der Waals surface area (Å²) in [4.78, 5) is 25.8. The van der Waals surface area contributed by atoms with Crippen molar-refractivity contribution in [3.8, 4) is 22.9 Å². The van der Waals surface area contributed by atoms with Crippen LogP contribution in [0.15, 0.2) is 30.9 Å². The molecule has 3 aromatic rings. The van der Waals surface area contributed by atoms with Gasteiger partial charge in [0, 0.05) is 60.0 Å². The molecule has 4 fully saturated rings. The zero-order chi connectivity index (χ0) is 33.1. The van der Waals surface area contributed by atoms with E-state index in [1.807, 2.05) is 24.0 Å². The number of ether oxygens (including phenoxy) is 2. The van der Waals surface area contributed by atoms with Gasteiger partial charge in [-0.1, -0.05) is 12.6 Å². The number of aromatic nitrogens is 2. The lowest BCUT2D eigenvalue weighted by Crippen LogP contribution is -2.61. The fourth-order valence-corrected chi connectivity index (χ4v) is 7.21. The molecular formula is C35H39F3N6O3. The van der Waals surface area contributed by atoms with Crippen LogP contribution in [-0.4, -0.2) is 72.1 Å². The molecule has 47 heavy (non-hydrogen) atoms. The van der Waals surface area contributed by atoms with Crippen molar-refractivity contribution >= 4 is 34.5 Å². The number of benzene rings is 2. The van der Waals surface area contributed by atoms with Crippen molar-refractivity contribution in [3.05, 3.63) is 47.5 Å². The first-order valence-electron chi connectivity index (χ1n) is 16.3. The lowest BCUT2D eigenvalue weighted by molar-refractivity contribution is -0.153. The number of nitrogens with one attached hydrogen (secondary N) is 1. The van der Waals surface area contributed by atoms with Crippen LogP contribution in [0.5, 0.6) is 11.8 Å². The quantitative estimate of drug-likeness (QED) is 0.154. The first-order valence-corrected chi connectivity index (χ1v) is 16.3. The number of nitrogen functional groups attached to an aromatic ring is 1. The molecule has 0 unspecified atom stereocenters. The number of anilines is 2. The predicted molar refractivity (Wildman–Crippen MR) is 174 cm³/mol. The highest BCUT2D eigenvalue weighted by molar-refractivity contribution is 6.05. The highest BCUT2D eigenvalue weighted by Gasteiger charge is 2.46. The molecule has 0 bridgehead atoms. The first-order chi connectivity index (χ1) is 22.5. The van der Waals surface area contributed by atoms with Crippen molar-refractivity contribution < 1.29 is 27.4 Å². The first kappa shape index (κ1) is 31.3. The average molecular weight is 649 g/mol. The number of fused-ring (bicyclic) bond motifs is 1. The summed E-state index contributed by atoms with van der Waals surface area (Å²) in [6.07, 6.45) is 4.03. The number of alkyl halides is 3. The van der Waals surface area contributed by atoms with Crippen LogP contribution in [0, 0.1) is 17.7 Å². The van der Waals surface area contributed by atoms with E-state index < -0.39 is 12.8 Å². The second-order valence-electron chi connectivity index (χ2n) is 13.5. The monoisotopic (exact) mass is 648 g/mol. The lowest BCUT2D eigenvalue weighted by atomic mass is 9.72. The highest BCUT2D eigenvalue weighted by Crippen LogP contribution is 2.53. The summed E-state index contributed by atoms with van der Waals surface area (Å²) in [5, 5.41) is 8.81. The number of piperidine rings is 1. The van der Waals surface area contributed by atoms with Gasteiger partial charge in [-0.25, -0.2) is 0 Å². The van der Waals surface area contributed by atoms with Gasteiger partial charge in [0.15, 0.2) is 12.4 Å². The SMILES string of the molecule is C=CC(=O)N1CC2(CCN(c3nc(OC4CCC4)nc4c(OCC(F)(F)F)c(-c5c(C)ccc(N)c5C=N)c(C5CC5)cc34)CC2)C1. The Morgan fingerprint density at radius 3 is 2.47 bits per heavy atom. The van der Waals surface area contributed by atoms with Crippen molar-refractivity contribution in [3.63, 3.8) is 0 Å². The van der Waals surface area contributed by atoms with Gasteiger partial charge >= 0.3 is 12.2 Å². The minimum Gasteiger partial charge on any atom is -0.481 e. The van der Waals surface area contributed by atoms with Crippen molar-refractivity contribution in [1.82, 2.24) is 14.9 Å². The van der Waals surface area contributed by atoms with Crippen LogP contribution in [0.1, 0.15) is 67.6 Å². The molecule has 3 N–H and O–H groups in total. The van der Waals surface area contributed by atoms with Gasteiger partial charge < -0.3 is 30.4 Å². The topological polar surface area (TPSA) is 118 Å². The molecule has 2 aliphatic heterocycles. The number of carbonyl (C=O) groups is 1. The largest absolute Gasteiger partial charge is 0.481 e. The molecule has 4 aliphatic rings. The molecule has 1 aromatic heterocycles. The van der Waals surface area contributed by atoms with Crippen LogP contribution in [0.4, 0.5) is 24.7 Å². The zero-order valence-electron chi connectivity index (χ0n) is 26.5. The van der Waals surface area contributed by atoms with Gasteiger partial charge in [-0.3, -0.25) is 4.79 Å². The van der Waals surface area contributed by atoms with Crippen LogP contribution in [-0.2, 0) is 4.79 Å². The van der Waals surface area contributed by atoms with Gasteiger partial charge in [0.05, 0.1) is 0 Å². The number of halogens is 3. The molecule has 2 saturated carbocycles. The molecule has 0 atom stereocenters. The summed E-state index contributed by atoms with van der Waals surface area (Å²) < 4.78 is 53.5. The molecular weight excluding hydrogens is 609 g/mol. The molecule has 12 heteroatoms. The Bertz CT molecular complexity index is 1750. The third-order valence-corrected chi connectivity index (χ3v) is 10.2. The summed E-state index contributed by atoms with van der Waals surface area (Å²) in [6, 6.07) is 5.65. The molecule has 2 aliphatic carbocycles. The summed E-state index contributed by atoms with van der Waals surface area (Å²) in [6.45, 7) is 6.66. The average Bonchev–Trinajstić information content (AvgIpc) is 3.86. The van der Waals surface area contributed by atoms with E-state index >= 15 is 0 Å². The Kier molecular flexibility index (Phi) is 7.79. The van der Waals surface area contributed by atoms with Crippen molar-refractivity contribution in [2.75, 3.05) is 43.4 Å². The van der Waals surface area contributed by atoms with Crippen LogP contribution in [0.3, 0.4) is 0 Å². The number of hydrogen-bond acceptors (Lipinski definition) is 8. The maximum atomic E-state index is 13.8. The molecule has 248 valence electrons. The van der Waals surface area contributed by atoms with Crippen LogP contribution < -0.4 is 20.1 Å². The van der Waals surface area contributed by atoms with Crippen LogP contribution >= 0.6 is 0 Å². The Morgan fingerprint density at radius 2 is 1.87 bits per heavy atom. The summed E-state index contributed by atoms with van der Waals surface area (Å²) in [5.41, 5.74) is 10.1. The molecule has 2 aromatic carbocycles. The molecule has 7 rings (SSSR count). The standard InChI is InChI=1S/C35H39F3N6O3/c1-3-27(45)44-17-34(18-44)11-13-43(14-12-34)32-24-15-23(21-8-9-21)29(28-20(2)7-10-26(40)25(28)16-39)31(46-19-35(36,37)38)30(24)41-33(42-32)47-22-5-4-6-22/h3,7,10,15-16,21-22,39H,1,4-6,8-9,11-14,17-19,40H2,2H3. The highest BCUT2D eigenvalue weighted by atomic mass is 19.4. The fourth-order valence-electron chi connectivity index (χ4n) is 7.21. The molecule has 1 amide bonds. The second kappa shape index (κ2) is 11.7. The summed E-state index contributed by atoms with van der Waals surface area (Å²) in [5.74, 6) is 0.661. The van der Waals surface area contributed by atoms with Gasteiger partial charge in [-0.15, -0.1) is 0 Å². The Labute approximate surface area is 271 Å². The number of hydrogen-bond donors (Lipinski definition) is 2. The number of rotatable bonds is 9. The Morgan fingerprint density at radius 1 is 1.15 bits per heavy atom. The van der Waals surface area contributed by atoms with Crippen molar-refractivity contribution in [2.45, 2.75) is 70.1 Å². The van der Waals surface area contributed by atoms with E-state index in [2.05, 4.69) is 11.5 Å². The number of carbonyl (C=O) groups excluding carboxylic acids is 1. The minimum absolute atomic E-state index is 0.00619. The summed E-state index contributed by atoms with van der Waals surface area (Å²) >= 11 is 0. The molecule has 1 spiro atoms. The second-order valence-corrected chi connectivity index (χ2v) is 13.5.